The third-order valence-corrected chi connectivity index (χ3v) is 3.99. The third kappa shape index (κ3) is 3.95. The first-order valence-corrected chi connectivity index (χ1v) is 7.52. The molecule has 0 unspecified atom stereocenters. The van der Waals surface area contributed by atoms with Crippen LogP contribution in [0.25, 0.3) is 0 Å². The number of rotatable bonds is 4. The topological polar surface area (TPSA) is 71.4 Å². The number of aliphatic hydroxyl groups is 1. The molecule has 0 aromatic heterocycles. The fourth-order valence-corrected chi connectivity index (χ4v) is 2.41. The van der Waals surface area contributed by atoms with E-state index >= 15 is 0 Å². The minimum atomic E-state index is -0.330. The van der Waals surface area contributed by atoms with E-state index in [1.54, 1.807) is 0 Å². The van der Waals surface area contributed by atoms with Crippen LogP contribution in [0.15, 0.2) is 5.16 Å². The van der Waals surface area contributed by atoms with Crippen LogP contribution in [0, 0.1) is 10.8 Å². The van der Waals surface area contributed by atoms with E-state index in [1.807, 2.05) is 25.7 Å². The molecule has 2 saturated heterocycles. The molecule has 0 aromatic carbocycles. The fraction of sp³-hybridized carbons (Fsp3) is 0.867. The summed E-state index contributed by atoms with van der Waals surface area (Å²) in [5.74, 6) is 0.188. The Kier molecular flexibility index (Phi) is 4.88. The average molecular weight is 298 g/mol. The Balaban J connectivity index is 1.76. The summed E-state index contributed by atoms with van der Waals surface area (Å²) in [6.07, 6.45) is 1.51. The first-order chi connectivity index (χ1) is 9.86. The second-order valence-electron chi connectivity index (χ2n) is 7.12. The highest BCUT2D eigenvalue weighted by molar-refractivity contribution is 5.88. The molecule has 0 saturated carbocycles. The minimum Gasteiger partial charge on any atom is -0.395 e. The monoisotopic (exact) mass is 298 g/mol. The molecule has 2 aliphatic heterocycles. The molecule has 0 atom stereocenters. The molecule has 2 fully saturated rings. The van der Waals surface area contributed by atoms with Crippen molar-refractivity contribution in [2.45, 2.75) is 33.6 Å². The van der Waals surface area contributed by atoms with Gasteiger partial charge in [-0.05, 0) is 0 Å². The third-order valence-electron chi connectivity index (χ3n) is 3.99. The molecule has 0 spiro atoms. The highest BCUT2D eigenvalue weighted by Crippen LogP contribution is 2.27. The van der Waals surface area contributed by atoms with E-state index in [4.69, 9.17) is 9.57 Å². The maximum absolute atomic E-state index is 12.2. The Hall–Kier alpha value is -1.14. The molecular formula is C15H26N2O4. The van der Waals surface area contributed by atoms with Gasteiger partial charge in [0.05, 0.1) is 30.9 Å². The summed E-state index contributed by atoms with van der Waals surface area (Å²) in [7, 11) is 0. The quantitative estimate of drug-likeness (QED) is 0.787. The molecule has 2 heterocycles. The number of carbonyl (C=O) groups excluding carboxylic acids is 1. The summed E-state index contributed by atoms with van der Waals surface area (Å²) >= 11 is 0. The number of likely N-dealkylation sites (tertiary alicyclic amines) is 1. The van der Waals surface area contributed by atoms with E-state index in [-0.39, 0.29) is 23.3 Å². The molecule has 2 aliphatic rings. The van der Waals surface area contributed by atoms with E-state index in [9.17, 15) is 9.90 Å². The van der Waals surface area contributed by atoms with Gasteiger partial charge in [-0.3, -0.25) is 4.79 Å². The molecule has 21 heavy (non-hydrogen) atoms. The molecule has 0 aliphatic carbocycles. The zero-order valence-corrected chi connectivity index (χ0v) is 13.2. The Labute approximate surface area is 126 Å². The van der Waals surface area contributed by atoms with E-state index < -0.39 is 0 Å². The lowest BCUT2D eigenvalue weighted by molar-refractivity contribution is -0.168. The van der Waals surface area contributed by atoms with Gasteiger partial charge < -0.3 is 19.6 Å². The standard InChI is InChI=1S/C15H26N2O4/c1-14(2,3)13(19)17-6-4-12(5-7-17)16-21-11-15(8-18)9-20-10-15/h18H,4-11H2,1-3H3. The lowest BCUT2D eigenvalue weighted by Gasteiger charge is -2.38. The van der Waals surface area contributed by atoms with Crippen molar-refractivity contribution in [3.05, 3.63) is 0 Å². The van der Waals surface area contributed by atoms with Gasteiger partial charge in [0.15, 0.2) is 0 Å². The molecular weight excluding hydrogens is 272 g/mol. The van der Waals surface area contributed by atoms with Crippen LogP contribution in [-0.2, 0) is 14.4 Å². The summed E-state index contributed by atoms with van der Waals surface area (Å²) in [6, 6.07) is 0. The Morgan fingerprint density at radius 1 is 1.38 bits per heavy atom. The number of carbonyl (C=O) groups is 1. The lowest BCUT2D eigenvalue weighted by Crippen LogP contribution is -2.49. The number of hydrogen-bond acceptors (Lipinski definition) is 5. The minimum absolute atomic E-state index is 0.0612. The Bertz CT molecular complexity index is 395. The maximum atomic E-state index is 12.2. The van der Waals surface area contributed by atoms with Gasteiger partial charge in [-0.25, -0.2) is 0 Å². The predicted molar refractivity (Wildman–Crippen MR) is 79.0 cm³/mol. The molecule has 6 heteroatoms. The molecule has 0 bridgehead atoms. The largest absolute Gasteiger partial charge is 0.395 e. The highest BCUT2D eigenvalue weighted by atomic mass is 16.6. The second-order valence-corrected chi connectivity index (χ2v) is 7.12. The van der Waals surface area contributed by atoms with E-state index in [0.717, 1.165) is 18.6 Å². The van der Waals surface area contributed by atoms with E-state index in [2.05, 4.69) is 5.16 Å². The normalized spacial score (nSPS) is 21.7. The maximum Gasteiger partial charge on any atom is 0.227 e. The van der Waals surface area contributed by atoms with Gasteiger partial charge in [0, 0.05) is 31.3 Å². The van der Waals surface area contributed by atoms with Gasteiger partial charge in [0.2, 0.25) is 5.91 Å². The molecule has 1 N–H and O–H groups in total. The highest BCUT2D eigenvalue weighted by Gasteiger charge is 2.39. The fourth-order valence-electron chi connectivity index (χ4n) is 2.41. The number of amides is 1. The molecule has 2 rings (SSSR count). The number of piperidine rings is 1. The van der Waals surface area contributed by atoms with Crippen molar-refractivity contribution in [3.8, 4) is 0 Å². The van der Waals surface area contributed by atoms with Crippen molar-refractivity contribution in [1.29, 1.82) is 0 Å². The predicted octanol–water partition coefficient (Wildman–Crippen LogP) is 1.04. The van der Waals surface area contributed by atoms with Gasteiger partial charge in [-0.2, -0.15) is 0 Å². The summed E-state index contributed by atoms with van der Waals surface area (Å²) in [5.41, 5.74) is 0.386. The Morgan fingerprint density at radius 2 is 2.00 bits per heavy atom. The summed E-state index contributed by atoms with van der Waals surface area (Å²) in [5, 5.41) is 13.5. The van der Waals surface area contributed by atoms with Crippen LogP contribution >= 0.6 is 0 Å². The van der Waals surface area contributed by atoms with E-state index in [1.165, 1.54) is 0 Å². The van der Waals surface area contributed by atoms with Crippen LogP contribution in [0.5, 0.6) is 0 Å². The average Bonchev–Trinajstić information content (AvgIpc) is 2.41. The summed E-state index contributed by atoms with van der Waals surface area (Å²) in [4.78, 5) is 19.4. The number of aliphatic hydroxyl groups excluding tert-OH is 1. The molecule has 6 nitrogen and oxygen atoms in total. The number of oxime groups is 1. The first kappa shape index (κ1) is 16.2. The molecule has 0 aromatic rings. The number of nitrogens with zero attached hydrogens (tertiary/aromatic N) is 2. The first-order valence-electron chi connectivity index (χ1n) is 7.52. The van der Waals surface area contributed by atoms with Crippen LogP contribution in [0.4, 0.5) is 0 Å². The molecule has 0 radical (unpaired) electrons. The van der Waals surface area contributed by atoms with Crippen molar-refractivity contribution in [2.75, 3.05) is 39.5 Å². The van der Waals surface area contributed by atoms with Crippen molar-refractivity contribution >= 4 is 11.6 Å². The van der Waals surface area contributed by atoms with Crippen LogP contribution in [-0.4, -0.2) is 61.1 Å². The van der Waals surface area contributed by atoms with Crippen molar-refractivity contribution in [3.63, 3.8) is 0 Å². The van der Waals surface area contributed by atoms with Gasteiger partial charge in [0.25, 0.3) is 0 Å². The second kappa shape index (κ2) is 6.32. The SMILES string of the molecule is CC(C)(C)C(=O)N1CCC(=NOCC2(CO)COC2)CC1. The molecule has 1 amide bonds. The van der Waals surface area contributed by atoms with Crippen LogP contribution in [0.2, 0.25) is 0 Å². The van der Waals surface area contributed by atoms with Gasteiger partial charge in [-0.1, -0.05) is 25.9 Å². The molecule has 120 valence electrons. The van der Waals surface area contributed by atoms with Gasteiger partial charge in [-0.15, -0.1) is 0 Å². The Morgan fingerprint density at radius 3 is 2.43 bits per heavy atom. The van der Waals surface area contributed by atoms with Crippen LogP contribution in [0.1, 0.15) is 33.6 Å². The van der Waals surface area contributed by atoms with E-state index in [0.29, 0.717) is 32.9 Å². The zero-order chi connectivity index (χ0) is 15.5. The lowest BCUT2D eigenvalue weighted by atomic mass is 9.88. The van der Waals surface area contributed by atoms with Crippen molar-refractivity contribution in [2.24, 2.45) is 16.0 Å². The van der Waals surface area contributed by atoms with Gasteiger partial charge in [0.1, 0.15) is 6.61 Å². The number of ether oxygens (including phenoxy) is 1. The van der Waals surface area contributed by atoms with Crippen molar-refractivity contribution < 1.29 is 19.5 Å². The summed E-state index contributed by atoms with van der Waals surface area (Å²) in [6.45, 7) is 8.73. The zero-order valence-electron chi connectivity index (χ0n) is 13.2. The van der Waals surface area contributed by atoms with Crippen LogP contribution < -0.4 is 0 Å². The smallest absolute Gasteiger partial charge is 0.227 e. The van der Waals surface area contributed by atoms with Crippen LogP contribution in [0.3, 0.4) is 0 Å². The summed E-state index contributed by atoms with van der Waals surface area (Å²) < 4.78 is 5.11. The number of hydrogen-bond donors (Lipinski definition) is 1. The van der Waals surface area contributed by atoms with Crippen molar-refractivity contribution in [1.82, 2.24) is 4.90 Å². The van der Waals surface area contributed by atoms with Gasteiger partial charge >= 0.3 is 0 Å².